The molecule has 1 aliphatic heterocycles. The molecule has 0 spiro atoms. The summed E-state index contributed by atoms with van der Waals surface area (Å²) in [7, 11) is 1.59. The summed E-state index contributed by atoms with van der Waals surface area (Å²) in [6.07, 6.45) is 1.69. The molecule has 40 heavy (non-hydrogen) atoms. The molecule has 222 valence electrons. The SMILES string of the molecule is CC(C)C[C@H](N)C(=O)N[C@@H](CCN(C)C(=N)N)CC(=O)N[C@H]1C=C[C@H](n2cc(CO)c(N)nc2=O)O[C@@H]1C(=O)O. The first-order valence-electron chi connectivity index (χ1n) is 12.7. The topological polar surface area (TPSA) is 265 Å². The summed E-state index contributed by atoms with van der Waals surface area (Å²) in [6.45, 7) is 3.61. The van der Waals surface area contributed by atoms with Crippen molar-refractivity contribution in [1.82, 2.24) is 25.1 Å². The number of ether oxygens (including phenoxy) is 1. The average molecular weight is 566 g/mol. The van der Waals surface area contributed by atoms with Crippen molar-refractivity contribution in [3.05, 3.63) is 34.4 Å². The molecule has 0 saturated heterocycles. The van der Waals surface area contributed by atoms with E-state index < -0.39 is 60.5 Å². The van der Waals surface area contributed by atoms with Crippen LogP contribution in [0.1, 0.15) is 44.9 Å². The number of guanidine groups is 1. The summed E-state index contributed by atoms with van der Waals surface area (Å²) >= 11 is 0. The molecule has 0 unspecified atom stereocenters. The number of hydrogen-bond donors (Lipinski definition) is 8. The molecule has 0 saturated carbocycles. The molecule has 0 aromatic carbocycles. The summed E-state index contributed by atoms with van der Waals surface area (Å²) in [5.41, 5.74) is 16.4. The van der Waals surface area contributed by atoms with Gasteiger partial charge in [-0.2, -0.15) is 4.98 Å². The van der Waals surface area contributed by atoms with Crippen molar-refractivity contribution in [1.29, 1.82) is 5.41 Å². The Morgan fingerprint density at radius 1 is 1.30 bits per heavy atom. The number of nitrogens with zero attached hydrogens (tertiary/aromatic N) is 3. The van der Waals surface area contributed by atoms with E-state index >= 15 is 0 Å². The highest BCUT2D eigenvalue weighted by molar-refractivity contribution is 5.84. The Balaban J connectivity index is 2.17. The van der Waals surface area contributed by atoms with Crippen LogP contribution in [-0.4, -0.2) is 86.2 Å². The number of carbonyl (C=O) groups is 3. The van der Waals surface area contributed by atoms with Crippen molar-refractivity contribution in [2.45, 2.75) is 70.2 Å². The number of aromatic nitrogens is 2. The van der Waals surface area contributed by atoms with Gasteiger partial charge >= 0.3 is 11.7 Å². The van der Waals surface area contributed by atoms with E-state index in [1.807, 2.05) is 13.8 Å². The van der Waals surface area contributed by atoms with E-state index in [2.05, 4.69) is 15.6 Å². The third-order valence-corrected chi connectivity index (χ3v) is 6.24. The highest BCUT2D eigenvalue weighted by atomic mass is 16.5. The maximum atomic E-state index is 13.0. The van der Waals surface area contributed by atoms with Crippen LogP contribution in [0.3, 0.4) is 0 Å². The lowest BCUT2D eigenvalue weighted by atomic mass is 10.0. The summed E-state index contributed by atoms with van der Waals surface area (Å²) in [5, 5.41) is 32.0. The van der Waals surface area contributed by atoms with Gasteiger partial charge in [-0.25, -0.2) is 9.59 Å². The molecule has 0 bridgehead atoms. The Morgan fingerprint density at radius 2 is 1.98 bits per heavy atom. The first-order chi connectivity index (χ1) is 18.7. The van der Waals surface area contributed by atoms with Gasteiger partial charge in [-0.3, -0.25) is 19.6 Å². The van der Waals surface area contributed by atoms with Gasteiger partial charge in [0.2, 0.25) is 11.8 Å². The molecule has 16 heteroatoms. The predicted octanol–water partition coefficient (Wildman–Crippen LogP) is -2.20. The Bertz CT molecular complexity index is 1170. The zero-order valence-corrected chi connectivity index (χ0v) is 22.7. The number of aliphatic carboxylic acids is 1. The maximum absolute atomic E-state index is 13.0. The normalized spacial score (nSPS) is 20.0. The summed E-state index contributed by atoms with van der Waals surface area (Å²) < 4.78 is 6.56. The second-order valence-electron chi connectivity index (χ2n) is 10.0. The zero-order valence-electron chi connectivity index (χ0n) is 22.7. The Morgan fingerprint density at radius 3 is 2.55 bits per heavy atom. The standard InChI is InChI=1S/C24H39N9O7/c1-12(2)8-15(25)21(36)29-14(6-7-32(3)23(27)28)9-17(35)30-16-4-5-18(40-19(16)22(37)38)33-10-13(11-34)20(26)31-24(33)39/h4-5,10,12,14-16,18-19,34H,6-9,11,25H2,1-3H3,(H3,27,28)(H,29,36)(H,30,35)(H,37,38)(H2,26,31,39)/t14-,15-,16-,18+,19-/m0/s1. The fraction of sp³-hybridized carbons (Fsp3) is 0.583. The number of carbonyl (C=O) groups excluding carboxylic acids is 2. The number of amides is 2. The molecular formula is C24H39N9O7. The summed E-state index contributed by atoms with van der Waals surface area (Å²) in [4.78, 5) is 54.9. The van der Waals surface area contributed by atoms with Crippen LogP contribution in [0.5, 0.6) is 0 Å². The van der Waals surface area contributed by atoms with Gasteiger partial charge in [0.25, 0.3) is 0 Å². The molecule has 1 aliphatic rings. The van der Waals surface area contributed by atoms with Gasteiger partial charge in [0.05, 0.1) is 18.7 Å². The van der Waals surface area contributed by atoms with Gasteiger partial charge < -0.3 is 47.7 Å². The van der Waals surface area contributed by atoms with E-state index in [1.165, 1.54) is 23.2 Å². The number of carboxylic acid groups (broad SMARTS) is 1. The fourth-order valence-corrected chi connectivity index (χ4v) is 4.00. The Hall–Kier alpha value is -4.02. The number of aliphatic hydroxyl groups excluding tert-OH is 1. The molecule has 0 fully saturated rings. The molecular weight excluding hydrogens is 526 g/mol. The van der Waals surface area contributed by atoms with E-state index in [9.17, 15) is 29.4 Å². The van der Waals surface area contributed by atoms with Crippen molar-refractivity contribution in [2.75, 3.05) is 19.3 Å². The largest absolute Gasteiger partial charge is 0.479 e. The minimum Gasteiger partial charge on any atom is -0.479 e. The molecule has 5 atom stereocenters. The highest BCUT2D eigenvalue weighted by Crippen LogP contribution is 2.22. The number of rotatable bonds is 13. The van der Waals surface area contributed by atoms with Crippen LogP contribution in [-0.2, 0) is 25.7 Å². The van der Waals surface area contributed by atoms with Gasteiger partial charge in [-0.05, 0) is 24.8 Å². The maximum Gasteiger partial charge on any atom is 0.351 e. The van der Waals surface area contributed by atoms with Crippen LogP contribution in [0.25, 0.3) is 0 Å². The van der Waals surface area contributed by atoms with Crippen molar-refractivity contribution < 1.29 is 29.3 Å². The number of nitrogens with two attached hydrogens (primary N) is 3. The number of hydrogen-bond acceptors (Lipinski definition) is 10. The highest BCUT2D eigenvalue weighted by Gasteiger charge is 2.35. The van der Waals surface area contributed by atoms with Crippen molar-refractivity contribution in [3.63, 3.8) is 0 Å². The quantitative estimate of drug-likeness (QED) is 0.0719. The van der Waals surface area contributed by atoms with Crippen molar-refractivity contribution in [3.8, 4) is 0 Å². The average Bonchev–Trinajstić information content (AvgIpc) is 2.86. The lowest BCUT2D eigenvalue weighted by molar-refractivity contribution is -0.159. The smallest absolute Gasteiger partial charge is 0.351 e. The second-order valence-corrected chi connectivity index (χ2v) is 10.0. The van der Waals surface area contributed by atoms with Crippen molar-refractivity contribution in [2.24, 2.45) is 17.4 Å². The Labute approximate surface area is 231 Å². The first-order valence-corrected chi connectivity index (χ1v) is 12.7. The van der Waals surface area contributed by atoms with Crippen LogP contribution >= 0.6 is 0 Å². The van der Waals surface area contributed by atoms with Crippen molar-refractivity contribution >= 4 is 29.6 Å². The Kier molecular flexibility index (Phi) is 11.6. The molecule has 2 rings (SSSR count). The minimum absolute atomic E-state index is 0.149. The lowest BCUT2D eigenvalue weighted by Gasteiger charge is -2.31. The van der Waals surface area contributed by atoms with Gasteiger partial charge in [0.15, 0.2) is 18.3 Å². The minimum atomic E-state index is -1.57. The third-order valence-electron chi connectivity index (χ3n) is 6.24. The van der Waals surface area contributed by atoms with E-state index in [4.69, 9.17) is 27.3 Å². The number of anilines is 1. The van der Waals surface area contributed by atoms with E-state index in [0.717, 1.165) is 4.57 Å². The van der Waals surface area contributed by atoms with Gasteiger partial charge in [0.1, 0.15) is 5.82 Å². The van der Waals surface area contributed by atoms with E-state index in [-0.39, 0.29) is 42.6 Å². The van der Waals surface area contributed by atoms with E-state index in [0.29, 0.717) is 6.42 Å². The van der Waals surface area contributed by atoms with Gasteiger partial charge in [-0.1, -0.05) is 19.9 Å². The van der Waals surface area contributed by atoms with Crippen LogP contribution < -0.4 is 33.5 Å². The first kappa shape index (κ1) is 32.2. The van der Waals surface area contributed by atoms with Gasteiger partial charge in [0, 0.05) is 37.8 Å². The number of nitrogens with one attached hydrogen (secondary N) is 3. The number of carboxylic acids is 1. The van der Waals surface area contributed by atoms with Crippen LogP contribution in [0.2, 0.25) is 0 Å². The summed E-state index contributed by atoms with van der Waals surface area (Å²) in [5.74, 6) is -2.58. The summed E-state index contributed by atoms with van der Waals surface area (Å²) in [6, 6.07) is -2.57. The molecule has 0 radical (unpaired) electrons. The lowest BCUT2D eigenvalue weighted by Crippen LogP contribution is -2.52. The second kappa shape index (κ2) is 14.4. The molecule has 1 aromatic heterocycles. The zero-order chi connectivity index (χ0) is 30.1. The third kappa shape index (κ3) is 9.03. The van der Waals surface area contributed by atoms with E-state index in [1.54, 1.807) is 7.05 Å². The van der Waals surface area contributed by atoms with Gasteiger partial charge in [-0.15, -0.1) is 0 Å². The molecule has 16 nitrogen and oxygen atoms in total. The molecule has 1 aromatic rings. The fourth-order valence-electron chi connectivity index (χ4n) is 4.00. The number of nitrogen functional groups attached to an aromatic ring is 1. The predicted molar refractivity (Wildman–Crippen MR) is 145 cm³/mol. The van der Waals surface area contributed by atoms with Crippen LogP contribution in [0.4, 0.5) is 5.82 Å². The molecule has 0 aliphatic carbocycles. The monoisotopic (exact) mass is 565 g/mol. The molecule has 2 amide bonds. The van der Waals surface area contributed by atoms with Crippen LogP contribution in [0.15, 0.2) is 23.1 Å². The molecule has 2 heterocycles. The van der Waals surface area contributed by atoms with Crippen LogP contribution in [0, 0.1) is 11.3 Å². The molecule has 11 N–H and O–H groups in total. The number of aliphatic hydroxyl groups is 1.